The predicted molar refractivity (Wildman–Crippen MR) is 142 cm³/mol. The number of carboxylic acids is 1. The molecule has 0 saturated carbocycles. The molecule has 1 aliphatic rings. The number of hydrogen-bond acceptors (Lipinski definition) is 5. The number of benzene rings is 2. The van der Waals surface area contributed by atoms with Gasteiger partial charge in [-0.05, 0) is 0 Å². The monoisotopic (exact) mass is 585 g/mol. The van der Waals surface area contributed by atoms with Gasteiger partial charge in [-0.2, -0.15) is 0 Å². The van der Waals surface area contributed by atoms with E-state index in [1.165, 1.54) is 6.20 Å². The number of rotatable bonds is 7. The molecule has 2 aromatic carbocycles. The van der Waals surface area contributed by atoms with Crippen molar-refractivity contribution in [1.82, 2.24) is 24.8 Å². The third-order valence-electron chi connectivity index (χ3n) is 5.56. The van der Waals surface area contributed by atoms with Crippen LogP contribution < -0.4 is 4.74 Å². The first kappa shape index (κ1) is 23.5. The molecule has 4 aromatic rings. The number of halogens is 1. The van der Waals surface area contributed by atoms with Crippen molar-refractivity contribution in [1.29, 1.82) is 0 Å². The topological polar surface area (TPSA) is 95.1 Å². The zero-order valence-corrected chi connectivity index (χ0v) is 22.3. The zero-order valence-electron chi connectivity index (χ0n) is 20.1. The SMILES string of the molecule is Cn1cc([C@H]2CI2c2c(C(=O)O)cnn2-c2cccc(-c3cccc(OCC(C)(C)C)c3)c2)nn1. The maximum absolute atomic E-state index is 12.0. The molecule has 1 aliphatic heterocycles. The van der Waals surface area contributed by atoms with Gasteiger partial charge in [0.05, 0.1) is 0 Å². The third kappa shape index (κ3) is 5.09. The fourth-order valence-corrected chi connectivity index (χ4v) is 10.3. The van der Waals surface area contributed by atoms with Crippen molar-refractivity contribution >= 4 is 25.8 Å². The van der Waals surface area contributed by atoms with Crippen LogP contribution in [0.1, 0.15) is 40.7 Å². The zero-order chi connectivity index (χ0) is 24.7. The number of hydrogen-bond donors (Lipinski definition) is 1. The van der Waals surface area contributed by atoms with Gasteiger partial charge in [-0.3, -0.25) is 0 Å². The molecular formula is C26H28IN5O3. The molecule has 0 amide bonds. The molecule has 0 radical (unpaired) electrons. The van der Waals surface area contributed by atoms with E-state index in [-0.39, 0.29) is 5.41 Å². The van der Waals surface area contributed by atoms with Crippen molar-refractivity contribution in [3.8, 4) is 22.6 Å². The number of carbonyl (C=O) groups is 1. The Bertz CT molecular complexity index is 1390. The first-order chi connectivity index (χ1) is 16.7. The Balaban J connectivity index is 1.47. The van der Waals surface area contributed by atoms with Crippen LogP contribution in [0.5, 0.6) is 5.75 Å². The quantitative estimate of drug-likeness (QED) is 0.236. The van der Waals surface area contributed by atoms with Gasteiger partial charge >= 0.3 is 212 Å². The first-order valence-electron chi connectivity index (χ1n) is 11.3. The van der Waals surface area contributed by atoms with Gasteiger partial charge in [0.2, 0.25) is 0 Å². The Labute approximate surface area is 211 Å². The van der Waals surface area contributed by atoms with Gasteiger partial charge < -0.3 is 0 Å². The third-order valence-corrected chi connectivity index (χ3v) is 11.5. The first-order valence-corrected chi connectivity index (χ1v) is 15.2. The number of carboxylic acid groups (broad SMARTS) is 1. The number of aromatic carboxylic acids is 1. The van der Waals surface area contributed by atoms with Crippen molar-refractivity contribution in [3.05, 3.63) is 75.9 Å². The van der Waals surface area contributed by atoms with Gasteiger partial charge in [-0.1, -0.05) is 0 Å². The fraction of sp³-hybridized carbons (Fsp3) is 0.308. The molecule has 3 heterocycles. The Hall–Kier alpha value is -3.21. The predicted octanol–water partition coefficient (Wildman–Crippen LogP) is 5.22. The molecule has 1 saturated heterocycles. The number of nitrogens with zero attached hydrogens (tertiary/aromatic N) is 5. The Morgan fingerprint density at radius 2 is 1.91 bits per heavy atom. The van der Waals surface area contributed by atoms with E-state index in [2.05, 4.69) is 48.3 Å². The van der Waals surface area contributed by atoms with Crippen molar-refractivity contribution < 1.29 is 14.6 Å². The van der Waals surface area contributed by atoms with E-state index in [0.29, 0.717) is 16.1 Å². The number of ether oxygens (including phenoxy) is 1. The molecule has 0 aliphatic carbocycles. The summed E-state index contributed by atoms with van der Waals surface area (Å²) in [4.78, 5) is 12.0. The van der Waals surface area contributed by atoms with Crippen LogP contribution >= 0.6 is 19.8 Å². The molecular weight excluding hydrogens is 557 g/mol. The molecule has 182 valence electrons. The molecule has 0 bridgehead atoms. The van der Waals surface area contributed by atoms with Crippen molar-refractivity contribution in [2.24, 2.45) is 12.5 Å². The molecule has 5 rings (SSSR count). The fourth-order valence-electron chi connectivity index (χ4n) is 3.81. The van der Waals surface area contributed by atoms with E-state index < -0.39 is 25.8 Å². The maximum atomic E-state index is 12.0. The molecule has 1 N–H and O–H groups in total. The molecule has 1 fully saturated rings. The second-order valence-electron chi connectivity index (χ2n) is 9.83. The van der Waals surface area contributed by atoms with Crippen molar-refractivity contribution in [3.63, 3.8) is 0 Å². The van der Waals surface area contributed by atoms with E-state index in [0.717, 1.165) is 36.4 Å². The number of aromatic nitrogens is 5. The summed E-state index contributed by atoms with van der Waals surface area (Å²) >= 11 is -1.81. The second kappa shape index (κ2) is 9.10. The van der Waals surface area contributed by atoms with Gasteiger partial charge in [0.15, 0.2) is 0 Å². The van der Waals surface area contributed by atoms with Gasteiger partial charge in [-0.15, -0.1) is 0 Å². The second-order valence-corrected chi connectivity index (χ2v) is 15.5. The molecule has 0 unspecified atom stereocenters. The van der Waals surface area contributed by atoms with E-state index >= 15 is 0 Å². The summed E-state index contributed by atoms with van der Waals surface area (Å²) in [5.41, 5.74) is 4.23. The van der Waals surface area contributed by atoms with Crippen LogP contribution in [0.2, 0.25) is 0 Å². The summed E-state index contributed by atoms with van der Waals surface area (Å²) in [6.07, 6.45) is 3.41. The van der Waals surface area contributed by atoms with E-state index in [1.54, 1.807) is 4.68 Å². The van der Waals surface area contributed by atoms with Crippen LogP contribution in [0.25, 0.3) is 16.8 Å². The number of aryl methyl sites for hydroxylation is 1. The van der Waals surface area contributed by atoms with Crippen LogP contribution in [-0.4, -0.2) is 46.9 Å². The van der Waals surface area contributed by atoms with Crippen molar-refractivity contribution in [2.75, 3.05) is 11.0 Å². The Morgan fingerprint density at radius 1 is 1.17 bits per heavy atom. The van der Waals surface area contributed by atoms with Crippen molar-refractivity contribution in [2.45, 2.75) is 24.7 Å². The van der Waals surface area contributed by atoms with Crippen LogP contribution in [0.4, 0.5) is 0 Å². The summed E-state index contributed by atoms with van der Waals surface area (Å²) < 4.78 is 11.6. The molecule has 35 heavy (non-hydrogen) atoms. The molecule has 1 atom stereocenters. The van der Waals surface area contributed by atoms with E-state index in [9.17, 15) is 9.90 Å². The van der Waals surface area contributed by atoms with Crippen LogP contribution in [-0.2, 0) is 7.05 Å². The van der Waals surface area contributed by atoms with E-state index in [4.69, 9.17) is 4.74 Å². The van der Waals surface area contributed by atoms with Crippen LogP contribution in [0, 0.1) is 9.12 Å². The summed E-state index contributed by atoms with van der Waals surface area (Å²) in [5.74, 6) is -0.109. The van der Waals surface area contributed by atoms with Gasteiger partial charge in [-0.25, -0.2) is 0 Å². The minimum absolute atomic E-state index is 0.0741. The van der Waals surface area contributed by atoms with Gasteiger partial charge in [0, 0.05) is 0 Å². The Kier molecular flexibility index (Phi) is 6.12. The summed E-state index contributed by atoms with van der Waals surface area (Å²) in [5, 5.41) is 22.7. The summed E-state index contributed by atoms with van der Waals surface area (Å²) in [7, 11) is 1.85. The standard InChI is InChI=1S/C26H28IN5O3/c1-26(2,3)16-35-20-10-6-8-18(12-20)17-7-5-9-19(11-17)32-24(21(14-28-32)25(33)34)27-13-22(27)23-15-31(4)30-29-23/h5-12,14-15,22H,13,16H2,1-4H3,(H,33,34)/t22-/m1/s1. The summed E-state index contributed by atoms with van der Waals surface area (Å²) in [6, 6.07) is 16.1. The molecule has 8 nitrogen and oxygen atoms in total. The number of alkyl halides is 2. The Morgan fingerprint density at radius 3 is 2.60 bits per heavy atom. The van der Waals surface area contributed by atoms with Gasteiger partial charge in [0.1, 0.15) is 0 Å². The average molecular weight is 585 g/mol. The molecule has 9 heteroatoms. The van der Waals surface area contributed by atoms with E-state index in [1.807, 2.05) is 54.3 Å². The molecule has 2 aromatic heterocycles. The summed E-state index contributed by atoms with van der Waals surface area (Å²) in [6.45, 7) is 7.06. The van der Waals surface area contributed by atoms with Gasteiger partial charge in [0.25, 0.3) is 0 Å². The average Bonchev–Trinajstić information content (AvgIpc) is 3.27. The van der Waals surface area contributed by atoms with Crippen LogP contribution in [0.15, 0.2) is 60.9 Å². The molecule has 0 spiro atoms. The van der Waals surface area contributed by atoms with Crippen LogP contribution in [0.3, 0.4) is 0 Å². The minimum atomic E-state index is -1.81. The normalized spacial score (nSPS) is 16.3.